The Bertz CT molecular complexity index is 461. The number of hydrogen-bond donors (Lipinski definition) is 2. The van der Waals surface area contributed by atoms with E-state index >= 15 is 0 Å². The first-order chi connectivity index (χ1) is 8.45. The van der Waals surface area contributed by atoms with Crippen LogP contribution in [0, 0.1) is 5.92 Å². The third kappa shape index (κ3) is 3.73. The van der Waals surface area contributed by atoms with Crippen molar-refractivity contribution in [1.82, 2.24) is 5.32 Å². The molecule has 0 aromatic heterocycles. The van der Waals surface area contributed by atoms with Crippen molar-refractivity contribution in [3.8, 4) is 5.75 Å². The minimum atomic E-state index is -0.948. The molecule has 98 valence electrons. The molecule has 1 amide bonds. The Balaban J connectivity index is 2.78. The number of aliphatic carboxylic acids is 1. The van der Waals surface area contributed by atoms with Crippen LogP contribution >= 0.6 is 15.9 Å². The topological polar surface area (TPSA) is 75.6 Å². The number of methoxy groups -OCH3 is 1. The number of benzene rings is 1. The quantitative estimate of drug-likeness (QED) is 0.870. The highest BCUT2D eigenvalue weighted by Crippen LogP contribution is 2.22. The van der Waals surface area contributed by atoms with Crippen molar-refractivity contribution in [3.05, 3.63) is 28.2 Å². The molecular formula is C12H14BrNO4. The molecule has 0 fully saturated rings. The fourth-order valence-electron chi connectivity index (χ4n) is 1.29. The van der Waals surface area contributed by atoms with Gasteiger partial charge in [0.2, 0.25) is 0 Å². The number of carbonyl (C=O) groups excluding carboxylic acids is 1. The number of amides is 1. The smallest absolute Gasteiger partial charge is 0.308 e. The summed E-state index contributed by atoms with van der Waals surface area (Å²) in [5.41, 5.74) is 0.365. The summed E-state index contributed by atoms with van der Waals surface area (Å²) < 4.78 is 5.83. The lowest BCUT2D eigenvalue weighted by Crippen LogP contribution is -2.31. The molecular weight excluding hydrogens is 302 g/mol. The summed E-state index contributed by atoms with van der Waals surface area (Å²) in [6, 6.07) is 5.05. The van der Waals surface area contributed by atoms with Crippen LogP contribution in [0.4, 0.5) is 0 Å². The molecule has 0 spiro atoms. The van der Waals surface area contributed by atoms with Gasteiger partial charge in [-0.2, -0.15) is 0 Å². The molecule has 0 aliphatic carbocycles. The normalized spacial score (nSPS) is 11.7. The van der Waals surface area contributed by atoms with Crippen molar-refractivity contribution in [3.63, 3.8) is 0 Å². The van der Waals surface area contributed by atoms with Crippen LogP contribution in [0.3, 0.4) is 0 Å². The van der Waals surface area contributed by atoms with Crippen LogP contribution in [0.5, 0.6) is 5.75 Å². The molecule has 0 saturated heterocycles. The van der Waals surface area contributed by atoms with Gasteiger partial charge < -0.3 is 15.2 Å². The van der Waals surface area contributed by atoms with Gasteiger partial charge in [0.1, 0.15) is 5.75 Å². The van der Waals surface area contributed by atoms with E-state index in [9.17, 15) is 9.59 Å². The minimum Gasteiger partial charge on any atom is -0.496 e. The molecule has 0 bridgehead atoms. The van der Waals surface area contributed by atoms with E-state index in [-0.39, 0.29) is 12.5 Å². The first-order valence-electron chi connectivity index (χ1n) is 5.30. The largest absolute Gasteiger partial charge is 0.496 e. The van der Waals surface area contributed by atoms with Crippen LogP contribution in [-0.4, -0.2) is 30.6 Å². The van der Waals surface area contributed by atoms with Crippen molar-refractivity contribution in [2.24, 2.45) is 5.92 Å². The van der Waals surface area contributed by atoms with Gasteiger partial charge in [-0.1, -0.05) is 22.9 Å². The van der Waals surface area contributed by atoms with Gasteiger partial charge in [0.25, 0.3) is 5.91 Å². The maximum absolute atomic E-state index is 11.9. The van der Waals surface area contributed by atoms with Crippen molar-refractivity contribution >= 4 is 27.8 Å². The summed E-state index contributed by atoms with van der Waals surface area (Å²) in [4.78, 5) is 22.5. The van der Waals surface area contributed by atoms with Crippen LogP contribution in [0.1, 0.15) is 17.3 Å². The molecule has 0 heterocycles. The van der Waals surface area contributed by atoms with Gasteiger partial charge in [0, 0.05) is 11.0 Å². The standard InChI is InChI=1S/C12H14BrNO4/c1-7(12(16)17)6-14-11(15)9-5-8(13)3-4-10(9)18-2/h3-5,7H,6H2,1-2H3,(H,14,15)(H,16,17). The molecule has 0 aliphatic rings. The monoisotopic (exact) mass is 315 g/mol. The number of carbonyl (C=O) groups is 2. The lowest BCUT2D eigenvalue weighted by molar-refractivity contribution is -0.140. The van der Waals surface area contributed by atoms with Gasteiger partial charge in [-0.3, -0.25) is 9.59 Å². The van der Waals surface area contributed by atoms with Gasteiger partial charge in [-0.05, 0) is 18.2 Å². The Morgan fingerprint density at radius 2 is 2.17 bits per heavy atom. The zero-order valence-electron chi connectivity index (χ0n) is 10.1. The average molecular weight is 316 g/mol. The summed E-state index contributed by atoms with van der Waals surface area (Å²) in [5.74, 6) is -1.50. The number of ether oxygens (including phenoxy) is 1. The first-order valence-corrected chi connectivity index (χ1v) is 6.09. The second-order valence-corrected chi connectivity index (χ2v) is 4.71. The molecule has 5 nitrogen and oxygen atoms in total. The Hall–Kier alpha value is -1.56. The van der Waals surface area contributed by atoms with E-state index in [0.29, 0.717) is 11.3 Å². The summed E-state index contributed by atoms with van der Waals surface area (Å²) in [7, 11) is 1.47. The number of hydrogen-bond acceptors (Lipinski definition) is 3. The zero-order valence-corrected chi connectivity index (χ0v) is 11.7. The van der Waals surface area contributed by atoms with E-state index in [4.69, 9.17) is 9.84 Å². The average Bonchev–Trinajstić information content (AvgIpc) is 2.35. The highest BCUT2D eigenvalue weighted by molar-refractivity contribution is 9.10. The van der Waals surface area contributed by atoms with Crippen LogP contribution in [0.2, 0.25) is 0 Å². The Labute approximate surface area is 113 Å². The minimum absolute atomic E-state index is 0.0732. The maximum atomic E-state index is 11.9. The Morgan fingerprint density at radius 3 is 2.72 bits per heavy atom. The summed E-state index contributed by atoms with van der Waals surface area (Å²) >= 11 is 3.27. The molecule has 1 unspecified atom stereocenters. The molecule has 1 aromatic carbocycles. The van der Waals surface area contributed by atoms with E-state index in [1.54, 1.807) is 18.2 Å². The molecule has 0 radical (unpaired) electrons. The van der Waals surface area contributed by atoms with Gasteiger partial charge >= 0.3 is 5.97 Å². The summed E-state index contributed by atoms with van der Waals surface area (Å²) in [6.45, 7) is 1.60. The fraction of sp³-hybridized carbons (Fsp3) is 0.333. The highest BCUT2D eigenvalue weighted by Gasteiger charge is 2.16. The zero-order chi connectivity index (χ0) is 13.7. The summed E-state index contributed by atoms with van der Waals surface area (Å²) in [5, 5.41) is 11.3. The van der Waals surface area contributed by atoms with Crippen molar-refractivity contribution < 1.29 is 19.4 Å². The van der Waals surface area contributed by atoms with Gasteiger partial charge in [-0.15, -0.1) is 0 Å². The number of carboxylic acid groups (broad SMARTS) is 1. The summed E-state index contributed by atoms with van der Waals surface area (Å²) in [6.07, 6.45) is 0. The molecule has 2 N–H and O–H groups in total. The third-order valence-electron chi connectivity index (χ3n) is 2.40. The second-order valence-electron chi connectivity index (χ2n) is 3.79. The van der Waals surface area contributed by atoms with E-state index in [1.807, 2.05) is 0 Å². The molecule has 6 heteroatoms. The van der Waals surface area contributed by atoms with Crippen molar-refractivity contribution in [2.45, 2.75) is 6.92 Å². The van der Waals surface area contributed by atoms with Gasteiger partial charge in [0.15, 0.2) is 0 Å². The molecule has 1 rings (SSSR count). The molecule has 0 aliphatic heterocycles. The Morgan fingerprint density at radius 1 is 1.50 bits per heavy atom. The fourth-order valence-corrected chi connectivity index (χ4v) is 1.65. The Kier molecular flexibility index (Phi) is 5.15. The van der Waals surface area contributed by atoms with Crippen molar-refractivity contribution in [2.75, 3.05) is 13.7 Å². The van der Waals surface area contributed by atoms with E-state index < -0.39 is 11.9 Å². The lowest BCUT2D eigenvalue weighted by atomic mass is 10.1. The first kappa shape index (κ1) is 14.5. The molecule has 18 heavy (non-hydrogen) atoms. The van der Waals surface area contributed by atoms with Crippen molar-refractivity contribution in [1.29, 1.82) is 0 Å². The highest BCUT2D eigenvalue weighted by atomic mass is 79.9. The van der Waals surface area contributed by atoms with Crippen LogP contribution in [0.15, 0.2) is 22.7 Å². The maximum Gasteiger partial charge on any atom is 0.308 e. The third-order valence-corrected chi connectivity index (χ3v) is 2.89. The van der Waals surface area contributed by atoms with E-state index in [0.717, 1.165) is 4.47 Å². The number of halogens is 1. The number of nitrogens with one attached hydrogen (secondary N) is 1. The molecule has 1 atom stereocenters. The van der Waals surface area contributed by atoms with Gasteiger partial charge in [0.05, 0.1) is 18.6 Å². The predicted octanol–water partition coefficient (Wildman–Crippen LogP) is 1.91. The number of rotatable bonds is 5. The van der Waals surface area contributed by atoms with E-state index in [1.165, 1.54) is 14.0 Å². The molecule has 0 saturated carbocycles. The van der Waals surface area contributed by atoms with E-state index in [2.05, 4.69) is 21.2 Å². The molecule has 1 aromatic rings. The SMILES string of the molecule is COc1ccc(Br)cc1C(=O)NCC(C)C(=O)O. The lowest BCUT2D eigenvalue weighted by Gasteiger charge is -2.11. The predicted molar refractivity (Wildman–Crippen MR) is 69.8 cm³/mol. The van der Waals surface area contributed by atoms with Crippen LogP contribution in [0.25, 0.3) is 0 Å². The van der Waals surface area contributed by atoms with Crippen LogP contribution in [-0.2, 0) is 4.79 Å². The van der Waals surface area contributed by atoms with Gasteiger partial charge in [-0.25, -0.2) is 0 Å². The second kappa shape index (κ2) is 6.39. The van der Waals surface area contributed by atoms with Crippen LogP contribution < -0.4 is 10.1 Å². The number of carboxylic acids is 1.